The molecule has 0 saturated carbocycles. The van der Waals surface area contributed by atoms with Crippen LogP contribution in [0.2, 0.25) is 5.15 Å². The highest BCUT2D eigenvalue weighted by Crippen LogP contribution is 2.39. The number of nitrogens with one attached hydrogen (secondary N) is 2. The molecule has 3 heterocycles. The molecule has 8 nitrogen and oxygen atoms in total. The van der Waals surface area contributed by atoms with Crippen LogP contribution in [-0.2, 0) is 6.61 Å². The Balaban J connectivity index is 1.88. The number of benzene rings is 1. The molecule has 3 aromatic rings. The molecule has 1 aliphatic rings. The van der Waals surface area contributed by atoms with E-state index >= 15 is 0 Å². The van der Waals surface area contributed by atoms with E-state index in [0.29, 0.717) is 23.8 Å². The number of fused-ring (bicyclic) bond motifs is 1. The number of aliphatic hydroxyl groups excluding tert-OH is 1. The molecule has 0 radical (unpaired) electrons. The van der Waals surface area contributed by atoms with Crippen LogP contribution < -0.4 is 10.6 Å². The molecule has 0 saturated heterocycles. The van der Waals surface area contributed by atoms with E-state index in [1.54, 1.807) is 12.3 Å². The lowest BCUT2D eigenvalue weighted by Crippen LogP contribution is -2.40. The van der Waals surface area contributed by atoms with Crippen molar-refractivity contribution in [2.75, 3.05) is 13.1 Å². The Labute approximate surface area is 183 Å². The minimum Gasteiger partial charge on any atom is -0.465 e. The van der Waals surface area contributed by atoms with Crippen LogP contribution >= 0.6 is 11.6 Å². The summed E-state index contributed by atoms with van der Waals surface area (Å²) in [5, 5.41) is 23.9. The molecule has 31 heavy (non-hydrogen) atoms. The van der Waals surface area contributed by atoms with E-state index in [9.17, 15) is 14.7 Å². The molecule has 0 bridgehead atoms. The number of aliphatic hydroxyl groups is 1. The predicted molar refractivity (Wildman–Crippen MR) is 116 cm³/mol. The number of halogens is 1. The average Bonchev–Trinajstić information content (AvgIpc) is 3.17. The van der Waals surface area contributed by atoms with Gasteiger partial charge in [-0.2, -0.15) is 0 Å². The monoisotopic (exact) mass is 440 g/mol. The van der Waals surface area contributed by atoms with E-state index < -0.39 is 6.09 Å². The van der Waals surface area contributed by atoms with Crippen LogP contribution in [-0.4, -0.2) is 44.9 Å². The maximum atomic E-state index is 12.7. The van der Waals surface area contributed by atoms with E-state index in [4.69, 9.17) is 16.7 Å². The van der Waals surface area contributed by atoms with Gasteiger partial charge in [0.1, 0.15) is 10.8 Å². The Morgan fingerprint density at radius 2 is 2.00 bits per heavy atom. The molecule has 0 fully saturated rings. The normalized spacial score (nSPS) is 15.3. The fourth-order valence-electron chi connectivity index (χ4n) is 3.90. The van der Waals surface area contributed by atoms with Crippen molar-refractivity contribution in [1.29, 1.82) is 0 Å². The van der Waals surface area contributed by atoms with Gasteiger partial charge in [-0.05, 0) is 41.3 Å². The number of nitrogens with zero attached hydrogens (tertiary/aromatic N) is 2. The zero-order chi connectivity index (χ0) is 22.0. The molecule has 0 aliphatic carbocycles. The number of carbonyl (C=O) groups excluding carboxylic acids is 1. The largest absolute Gasteiger partial charge is 0.465 e. The fraction of sp³-hybridized carbons (Fsp3) is 0.227. The Morgan fingerprint density at radius 1 is 1.23 bits per heavy atom. The number of aromatic nitrogens is 2. The number of amides is 2. The summed E-state index contributed by atoms with van der Waals surface area (Å²) in [6.45, 7) is 0.581. The molecule has 0 spiro atoms. The van der Waals surface area contributed by atoms with E-state index in [-0.39, 0.29) is 25.1 Å². The number of hydrogen-bond acceptors (Lipinski definition) is 4. The predicted octanol–water partition coefficient (Wildman–Crippen LogP) is 3.31. The second kappa shape index (κ2) is 8.79. The van der Waals surface area contributed by atoms with Crippen LogP contribution in [0.4, 0.5) is 4.79 Å². The molecule has 1 aliphatic heterocycles. The molecule has 4 rings (SSSR count). The van der Waals surface area contributed by atoms with Gasteiger partial charge < -0.3 is 25.4 Å². The Hall–Kier alpha value is -3.36. The summed E-state index contributed by atoms with van der Waals surface area (Å²) in [5.41, 5.74) is 4.62. The highest BCUT2D eigenvalue weighted by atomic mass is 35.5. The van der Waals surface area contributed by atoms with Crippen molar-refractivity contribution in [3.8, 4) is 22.4 Å². The SMILES string of the molecule is O=C(O)NCCC1CNC(=O)c2cc(-c3ccnc(Cl)c3)c(-c3ccc(CO)cc3)n21. The molecule has 4 N–H and O–H groups in total. The van der Waals surface area contributed by atoms with E-state index in [2.05, 4.69) is 15.6 Å². The molecule has 1 unspecified atom stereocenters. The highest BCUT2D eigenvalue weighted by molar-refractivity contribution is 6.29. The van der Waals surface area contributed by atoms with Gasteiger partial charge in [-0.3, -0.25) is 4.79 Å². The van der Waals surface area contributed by atoms with Gasteiger partial charge in [0.25, 0.3) is 5.91 Å². The van der Waals surface area contributed by atoms with Crippen molar-refractivity contribution in [1.82, 2.24) is 20.2 Å². The van der Waals surface area contributed by atoms with Gasteiger partial charge in [-0.15, -0.1) is 0 Å². The minimum atomic E-state index is -1.08. The summed E-state index contributed by atoms with van der Waals surface area (Å²) in [6.07, 6.45) is 1.04. The Kier molecular flexibility index (Phi) is 5.92. The molecule has 1 atom stereocenters. The first-order valence-electron chi connectivity index (χ1n) is 9.80. The fourth-order valence-corrected chi connectivity index (χ4v) is 4.07. The third kappa shape index (κ3) is 4.26. The summed E-state index contributed by atoms with van der Waals surface area (Å²) >= 11 is 6.13. The van der Waals surface area contributed by atoms with Gasteiger partial charge in [-0.1, -0.05) is 35.9 Å². The van der Waals surface area contributed by atoms with Gasteiger partial charge in [0.2, 0.25) is 0 Å². The van der Waals surface area contributed by atoms with Crippen LogP contribution in [0.5, 0.6) is 0 Å². The first-order chi connectivity index (χ1) is 15.0. The van der Waals surface area contributed by atoms with Crippen molar-refractivity contribution in [2.45, 2.75) is 19.1 Å². The zero-order valence-electron chi connectivity index (χ0n) is 16.5. The summed E-state index contributed by atoms with van der Waals surface area (Å²) in [6, 6.07) is 12.7. The van der Waals surface area contributed by atoms with E-state index in [0.717, 1.165) is 27.9 Å². The maximum Gasteiger partial charge on any atom is 0.404 e. The van der Waals surface area contributed by atoms with Crippen molar-refractivity contribution in [2.24, 2.45) is 0 Å². The van der Waals surface area contributed by atoms with Gasteiger partial charge in [-0.25, -0.2) is 9.78 Å². The molecule has 9 heteroatoms. The van der Waals surface area contributed by atoms with Crippen LogP contribution in [0.1, 0.15) is 28.5 Å². The second-order valence-electron chi connectivity index (χ2n) is 7.27. The molecule has 1 aromatic carbocycles. The molecule has 2 aromatic heterocycles. The summed E-state index contributed by atoms with van der Waals surface area (Å²) in [5.74, 6) is -0.193. The highest BCUT2D eigenvalue weighted by Gasteiger charge is 2.30. The van der Waals surface area contributed by atoms with Crippen molar-refractivity contribution >= 4 is 23.6 Å². The number of rotatable bonds is 6. The van der Waals surface area contributed by atoms with Gasteiger partial charge in [0.15, 0.2) is 0 Å². The molecule has 2 amide bonds. The third-order valence-electron chi connectivity index (χ3n) is 5.33. The Morgan fingerprint density at radius 3 is 2.68 bits per heavy atom. The van der Waals surface area contributed by atoms with Gasteiger partial charge in [0, 0.05) is 24.8 Å². The quantitative estimate of drug-likeness (QED) is 0.439. The average molecular weight is 441 g/mol. The maximum absolute atomic E-state index is 12.7. The van der Waals surface area contributed by atoms with E-state index in [1.165, 1.54) is 0 Å². The van der Waals surface area contributed by atoms with E-state index in [1.807, 2.05) is 41.0 Å². The topological polar surface area (TPSA) is 116 Å². The second-order valence-corrected chi connectivity index (χ2v) is 7.66. The molecule has 160 valence electrons. The smallest absolute Gasteiger partial charge is 0.404 e. The van der Waals surface area contributed by atoms with Crippen LogP contribution in [0, 0.1) is 0 Å². The number of hydrogen-bond donors (Lipinski definition) is 4. The minimum absolute atomic E-state index is 0.0642. The number of pyridine rings is 1. The molecular formula is C22H21ClN4O4. The van der Waals surface area contributed by atoms with Gasteiger partial charge in [0.05, 0.1) is 18.3 Å². The lowest BCUT2D eigenvalue weighted by atomic mass is 10.0. The Bertz CT molecular complexity index is 1130. The number of carbonyl (C=O) groups is 2. The first kappa shape index (κ1) is 20.9. The van der Waals surface area contributed by atoms with Crippen molar-refractivity contribution in [3.63, 3.8) is 0 Å². The van der Waals surface area contributed by atoms with Crippen LogP contribution in [0.25, 0.3) is 22.4 Å². The number of carboxylic acid groups (broad SMARTS) is 1. The summed E-state index contributed by atoms with van der Waals surface area (Å²) in [4.78, 5) is 27.6. The third-order valence-corrected chi connectivity index (χ3v) is 5.54. The van der Waals surface area contributed by atoms with Crippen molar-refractivity contribution in [3.05, 3.63) is 65.1 Å². The van der Waals surface area contributed by atoms with Gasteiger partial charge >= 0.3 is 6.09 Å². The lowest BCUT2D eigenvalue weighted by molar-refractivity contribution is 0.0913. The first-order valence-corrected chi connectivity index (χ1v) is 10.2. The standard InChI is InChI=1S/C22H21ClN4O4/c23-19-9-15(5-7-24-19)17-10-18-21(29)26-11-16(6-8-25-22(30)31)27(18)20(17)14-3-1-13(12-28)2-4-14/h1-5,7,9-10,16,25,28H,6,8,11-12H2,(H,26,29)(H,30,31). The lowest BCUT2D eigenvalue weighted by Gasteiger charge is -2.29. The zero-order valence-corrected chi connectivity index (χ0v) is 17.3. The molecular weight excluding hydrogens is 420 g/mol. The van der Waals surface area contributed by atoms with Crippen LogP contribution in [0.15, 0.2) is 48.7 Å². The van der Waals surface area contributed by atoms with Crippen molar-refractivity contribution < 1.29 is 19.8 Å². The summed E-state index contributed by atoms with van der Waals surface area (Å²) < 4.78 is 1.97. The summed E-state index contributed by atoms with van der Waals surface area (Å²) in [7, 11) is 0. The van der Waals surface area contributed by atoms with Crippen LogP contribution in [0.3, 0.4) is 0 Å².